The maximum absolute atomic E-state index is 13.8. The van der Waals surface area contributed by atoms with Crippen molar-refractivity contribution in [2.45, 2.75) is 11.8 Å². The molecule has 0 amide bonds. The molecule has 5 nitrogen and oxygen atoms in total. The third-order valence-corrected chi connectivity index (χ3v) is 5.07. The lowest BCUT2D eigenvalue weighted by atomic mass is 10.3. The molecule has 0 aliphatic heterocycles. The van der Waals surface area contributed by atoms with E-state index in [0.717, 1.165) is 10.4 Å². The number of benzene rings is 2. The van der Waals surface area contributed by atoms with Gasteiger partial charge in [-0.1, -0.05) is 0 Å². The summed E-state index contributed by atoms with van der Waals surface area (Å²) in [7, 11) is -1.14. The Labute approximate surface area is 135 Å². The van der Waals surface area contributed by atoms with Gasteiger partial charge in [0.1, 0.15) is 5.75 Å². The first-order chi connectivity index (χ1) is 10.9. The largest absolute Gasteiger partial charge is 0.494 e. The first-order valence-electron chi connectivity index (χ1n) is 6.95. The standard InChI is InChI=1S/C16H18FNO4S/c1-4-22-13-7-5-12(6-8-13)18(2)23(19,20)14-9-10-16(21-3)15(17)11-14/h5-11H,4H2,1-3H3. The normalized spacial score (nSPS) is 11.1. The van der Waals surface area contributed by atoms with Gasteiger partial charge in [0, 0.05) is 7.05 Å². The highest BCUT2D eigenvalue weighted by molar-refractivity contribution is 7.92. The Morgan fingerprint density at radius 3 is 2.30 bits per heavy atom. The van der Waals surface area contributed by atoms with Crippen molar-refractivity contribution < 1.29 is 22.3 Å². The number of nitrogens with zero attached hydrogens (tertiary/aromatic N) is 1. The Morgan fingerprint density at radius 1 is 1.13 bits per heavy atom. The highest BCUT2D eigenvalue weighted by Crippen LogP contribution is 2.27. The van der Waals surface area contributed by atoms with Gasteiger partial charge in [0.15, 0.2) is 11.6 Å². The van der Waals surface area contributed by atoms with Crippen molar-refractivity contribution in [3.8, 4) is 11.5 Å². The summed E-state index contributed by atoms with van der Waals surface area (Å²) >= 11 is 0. The van der Waals surface area contributed by atoms with Crippen molar-refractivity contribution in [2.75, 3.05) is 25.1 Å². The molecule has 0 unspecified atom stereocenters. The third kappa shape index (κ3) is 3.56. The number of ether oxygens (including phenoxy) is 2. The molecule has 0 atom stereocenters. The number of methoxy groups -OCH3 is 1. The lowest BCUT2D eigenvalue weighted by Crippen LogP contribution is -2.26. The summed E-state index contributed by atoms with van der Waals surface area (Å²) in [5.74, 6) is -0.0844. The van der Waals surface area contributed by atoms with E-state index >= 15 is 0 Å². The molecule has 124 valence electrons. The Balaban J connectivity index is 2.32. The molecule has 7 heteroatoms. The molecule has 0 heterocycles. The van der Waals surface area contributed by atoms with Gasteiger partial charge in [0.2, 0.25) is 0 Å². The SMILES string of the molecule is CCOc1ccc(N(C)S(=O)(=O)c2ccc(OC)c(F)c2)cc1. The first-order valence-corrected chi connectivity index (χ1v) is 8.39. The zero-order valence-corrected chi connectivity index (χ0v) is 13.9. The summed E-state index contributed by atoms with van der Waals surface area (Å²) in [5, 5.41) is 0. The van der Waals surface area contributed by atoms with Crippen LogP contribution in [0.4, 0.5) is 10.1 Å². The molecule has 0 bridgehead atoms. The van der Waals surface area contributed by atoms with Gasteiger partial charge in [-0.25, -0.2) is 12.8 Å². The Bertz CT molecular complexity index is 775. The predicted molar refractivity (Wildman–Crippen MR) is 86.2 cm³/mol. The van der Waals surface area contributed by atoms with Gasteiger partial charge in [0.25, 0.3) is 10.0 Å². The summed E-state index contributed by atoms with van der Waals surface area (Å²) in [6.07, 6.45) is 0. The second kappa shape index (κ2) is 6.87. The molecule has 0 aliphatic rings. The quantitative estimate of drug-likeness (QED) is 0.812. The van der Waals surface area contributed by atoms with E-state index in [2.05, 4.69) is 0 Å². The average Bonchev–Trinajstić information content (AvgIpc) is 2.55. The van der Waals surface area contributed by atoms with Crippen LogP contribution in [0.1, 0.15) is 6.92 Å². The summed E-state index contributed by atoms with van der Waals surface area (Å²) in [6.45, 7) is 2.39. The molecule has 0 radical (unpaired) electrons. The maximum atomic E-state index is 13.8. The molecule has 0 aliphatic carbocycles. The number of halogens is 1. The minimum absolute atomic E-state index is 0.00679. The Morgan fingerprint density at radius 2 is 1.78 bits per heavy atom. The van der Waals surface area contributed by atoms with E-state index in [1.165, 1.54) is 26.3 Å². The van der Waals surface area contributed by atoms with Crippen LogP contribution < -0.4 is 13.8 Å². The summed E-state index contributed by atoms with van der Waals surface area (Å²) in [4.78, 5) is -0.146. The van der Waals surface area contributed by atoms with Crippen LogP contribution in [0, 0.1) is 5.82 Å². The highest BCUT2D eigenvalue weighted by atomic mass is 32.2. The lowest BCUT2D eigenvalue weighted by Gasteiger charge is -2.20. The molecule has 0 spiro atoms. The Kier molecular flexibility index (Phi) is 5.10. The minimum atomic E-state index is -3.87. The van der Waals surface area contributed by atoms with E-state index in [0.29, 0.717) is 18.0 Å². The highest BCUT2D eigenvalue weighted by Gasteiger charge is 2.22. The molecule has 23 heavy (non-hydrogen) atoms. The van der Waals surface area contributed by atoms with Gasteiger partial charge in [0.05, 0.1) is 24.3 Å². The van der Waals surface area contributed by atoms with Gasteiger partial charge in [-0.3, -0.25) is 4.31 Å². The number of hydrogen-bond acceptors (Lipinski definition) is 4. The van der Waals surface area contributed by atoms with Crippen LogP contribution in [0.3, 0.4) is 0 Å². The fourth-order valence-corrected chi connectivity index (χ4v) is 3.23. The van der Waals surface area contributed by atoms with E-state index in [1.807, 2.05) is 6.92 Å². The summed E-state index contributed by atoms with van der Waals surface area (Å²) in [6, 6.07) is 10.2. The molecule has 0 saturated carbocycles. The van der Waals surface area contributed by atoms with Crippen molar-refractivity contribution in [2.24, 2.45) is 0 Å². The molecular formula is C16H18FNO4S. The van der Waals surface area contributed by atoms with Crippen LogP contribution in [-0.2, 0) is 10.0 Å². The molecule has 0 saturated heterocycles. The molecule has 0 N–H and O–H groups in total. The van der Waals surface area contributed by atoms with Crippen molar-refractivity contribution in [3.63, 3.8) is 0 Å². The predicted octanol–water partition coefficient (Wildman–Crippen LogP) is 3.06. The van der Waals surface area contributed by atoms with E-state index in [1.54, 1.807) is 24.3 Å². The number of rotatable bonds is 6. The first kappa shape index (κ1) is 17.1. The van der Waals surface area contributed by atoms with Gasteiger partial charge in [-0.2, -0.15) is 0 Å². The van der Waals surface area contributed by atoms with E-state index in [4.69, 9.17) is 9.47 Å². The van der Waals surface area contributed by atoms with Crippen molar-refractivity contribution in [3.05, 3.63) is 48.3 Å². The average molecular weight is 339 g/mol. The third-order valence-electron chi connectivity index (χ3n) is 3.29. The monoisotopic (exact) mass is 339 g/mol. The molecule has 2 aromatic rings. The second-order valence-electron chi connectivity index (χ2n) is 4.70. The topological polar surface area (TPSA) is 55.8 Å². The smallest absolute Gasteiger partial charge is 0.264 e. The van der Waals surface area contributed by atoms with Gasteiger partial charge < -0.3 is 9.47 Å². The summed E-state index contributed by atoms with van der Waals surface area (Å²) < 4.78 is 50.1. The number of sulfonamides is 1. The van der Waals surface area contributed by atoms with Crippen LogP contribution in [0.15, 0.2) is 47.4 Å². The Hall–Kier alpha value is -2.28. The van der Waals surface area contributed by atoms with Crippen LogP contribution in [0.5, 0.6) is 11.5 Å². The maximum Gasteiger partial charge on any atom is 0.264 e. The fourth-order valence-electron chi connectivity index (χ4n) is 2.02. The molecule has 2 aromatic carbocycles. The molecular weight excluding hydrogens is 321 g/mol. The number of anilines is 1. The number of hydrogen-bond donors (Lipinski definition) is 0. The molecule has 0 fully saturated rings. The van der Waals surface area contributed by atoms with E-state index in [9.17, 15) is 12.8 Å². The van der Waals surface area contributed by atoms with Gasteiger partial charge >= 0.3 is 0 Å². The fraction of sp³-hybridized carbons (Fsp3) is 0.250. The van der Waals surface area contributed by atoms with Gasteiger partial charge in [-0.15, -0.1) is 0 Å². The van der Waals surface area contributed by atoms with Crippen LogP contribution >= 0.6 is 0 Å². The van der Waals surface area contributed by atoms with E-state index in [-0.39, 0.29) is 10.6 Å². The zero-order chi connectivity index (χ0) is 17.0. The lowest BCUT2D eigenvalue weighted by molar-refractivity contribution is 0.340. The second-order valence-corrected chi connectivity index (χ2v) is 6.67. The minimum Gasteiger partial charge on any atom is -0.494 e. The zero-order valence-electron chi connectivity index (χ0n) is 13.1. The van der Waals surface area contributed by atoms with Gasteiger partial charge in [-0.05, 0) is 49.4 Å². The van der Waals surface area contributed by atoms with Crippen LogP contribution in [0.2, 0.25) is 0 Å². The molecule has 2 rings (SSSR count). The van der Waals surface area contributed by atoms with Crippen LogP contribution in [0.25, 0.3) is 0 Å². The van der Waals surface area contributed by atoms with Crippen molar-refractivity contribution in [1.29, 1.82) is 0 Å². The van der Waals surface area contributed by atoms with E-state index < -0.39 is 15.8 Å². The summed E-state index contributed by atoms with van der Waals surface area (Å²) in [5.41, 5.74) is 0.449. The van der Waals surface area contributed by atoms with Crippen molar-refractivity contribution in [1.82, 2.24) is 0 Å². The van der Waals surface area contributed by atoms with Crippen molar-refractivity contribution >= 4 is 15.7 Å². The van der Waals surface area contributed by atoms with Crippen LogP contribution in [-0.4, -0.2) is 29.2 Å². The molecule has 0 aromatic heterocycles.